The zero-order chi connectivity index (χ0) is 12.8. The van der Waals surface area contributed by atoms with E-state index >= 15 is 0 Å². The van der Waals surface area contributed by atoms with E-state index in [-0.39, 0.29) is 5.91 Å². The smallest absolute Gasteiger partial charge is 0.244 e. The first-order valence-corrected chi connectivity index (χ1v) is 5.93. The van der Waals surface area contributed by atoms with Gasteiger partial charge in [-0.05, 0) is 20.3 Å². The van der Waals surface area contributed by atoms with E-state index < -0.39 is 12.1 Å². The number of aromatic nitrogens is 3. The molecule has 0 aliphatic carbocycles. The molecule has 1 aromatic rings. The van der Waals surface area contributed by atoms with Crippen LogP contribution >= 0.6 is 0 Å². The molecule has 6 nitrogen and oxygen atoms in total. The molecule has 0 aliphatic rings. The predicted octanol–water partition coefficient (Wildman–Crippen LogP) is 0.809. The number of rotatable bonds is 6. The van der Waals surface area contributed by atoms with Gasteiger partial charge in [-0.25, -0.2) is 4.68 Å². The highest BCUT2D eigenvalue weighted by atomic mass is 16.3. The zero-order valence-corrected chi connectivity index (χ0v) is 10.6. The van der Waals surface area contributed by atoms with Crippen molar-refractivity contribution in [2.75, 3.05) is 6.54 Å². The lowest BCUT2D eigenvalue weighted by Crippen LogP contribution is -2.31. The summed E-state index contributed by atoms with van der Waals surface area (Å²) in [4.78, 5) is 11.7. The van der Waals surface area contributed by atoms with Crippen LogP contribution in [0.25, 0.3) is 0 Å². The van der Waals surface area contributed by atoms with Crippen molar-refractivity contribution in [3.05, 3.63) is 11.9 Å². The summed E-state index contributed by atoms with van der Waals surface area (Å²) >= 11 is 0. The molecular formula is C11H20N4O2. The Bertz CT molecular complexity index is 362. The second-order valence-electron chi connectivity index (χ2n) is 4.12. The minimum Gasteiger partial charge on any atom is -0.387 e. The molecule has 0 spiro atoms. The molecule has 2 N–H and O–H groups in total. The van der Waals surface area contributed by atoms with Gasteiger partial charge in [0.2, 0.25) is 5.91 Å². The molecule has 0 radical (unpaired) electrons. The van der Waals surface area contributed by atoms with Crippen LogP contribution in [0, 0.1) is 0 Å². The fourth-order valence-electron chi connectivity index (χ4n) is 1.33. The van der Waals surface area contributed by atoms with Gasteiger partial charge in [0.15, 0.2) is 0 Å². The van der Waals surface area contributed by atoms with Crippen molar-refractivity contribution < 1.29 is 9.90 Å². The summed E-state index contributed by atoms with van der Waals surface area (Å²) in [6, 6.07) is -0.410. The van der Waals surface area contributed by atoms with Crippen molar-refractivity contribution >= 4 is 5.91 Å². The fourth-order valence-corrected chi connectivity index (χ4v) is 1.33. The summed E-state index contributed by atoms with van der Waals surface area (Å²) in [7, 11) is 0. The van der Waals surface area contributed by atoms with Crippen molar-refractivity contribution in [3.63, 3.8) is 0 Å². The van der Waals surface area contributed by atoms with Crippen molar-refractivity contribution in [1.29, 1.82) is 0 Å². The van der Waals surface area contributed by atoms with Gasteiger partial charge in [-0.2, -0.15) is 0 Å². The van der Waals surface area contributed by atoms with Crippen molar-refractivity contribution in [1.82, 2.24) is 20.3 Å². The second kappa shape index (κ2) is 6.34. The molecule has 1 amide bonds. The van der Waals surface area contributed by atoms with Gasteiger partial charge in [0.05, 0.1) is 12.3 Å². The van der Waals surface area contributed by atoms with Crippen LogP contribution in [0.3, 0.4) is 0 Å². The Hall–Kier alpha value is -1.43. The highest BCUT2D eigenvalue weighted by Gasteiger charge is 2.17. The van der Waals surface area contributed by atoms with E-state index in [1.807, 2.05) is 0 Å². The zero-order valence-electron chi connectivity index (χ0n) is 10.6. The van der Waals surface area contributed by atoms with Gasteiger partial charge in [0, 0.05) is 6.54 Å². The van der Waals surface area contributed by atoms with Gasteiger partial charge in [-0.1, -0.05) is 18.6 Å². The Labute approximate surface area is 101 Å². The third-order valence-corrected chi connectivity index (χ3v) is 2.56. The van der Waals surface area contributed by atoms with E-state index in [4.69, 9.17) is 0 Å². The molecule has 1 rings (SSSR count). The number of aliphatic hydroxyl groups excluding tert-OH is 1. The molecule has 0 aliphatic heterocycles. The van der Waals surface area contributed by atoms with Crippen LogP contribution in [-0.2, 0) is 4.79 Å². The number of carbonyl (C=O) groups is 1. The largest absolute Gasteiger partial charge is 0.387 e. The molecule has 0 saturated heterocycles. The molecule has 0 saturated carbocycles. The first-order chi connectivity index (χ1) is 8.06. The van der Waals surface area contributed by atoms with E-state index in [0.717, 1.165) is 12.8 Å². The van der Waals surface area contributed by atoms with Crippen LogP contribution < -0.4 is 5.32 Å². The van der Waals surface area contributed by atoms with Gasteiger partial charge in [0.25, 0.3) is 0 Å². The maximum atomic E-state index is 11.7. The standard InChI is InChI=1S/C11H20N4O2/c1-4-5-6-12-11(17)8(2)15-7-10(9(3)16)13-14-15/h7-9,16H,4-6H2,1-3H3,(H,12,17). The highest BCUT2D eigenvalue weighted by molar-refractivity contribution is 5.79. The maximum Gasteiger partial charge on any atom is 0.244 e. The Kier molecular flexibility index (Phi) is 5.09. The summed E-state index contributed by atoms with van der Waals surface area (Å²) in [6.45, 7) is 6.11. The van der Waals surface area contributed by atoms with Gasteiger partial charge < -0.3 is 10.4 Å². The molecule has 2 atom stereocenters. The Morgan fingerprint density at radius 3 is 2.82 bits per heavy atom. The van der Waals surface area contributed by atoms with Crippen LogP contribution in [0.2, 0.25) is 0 Å². The summed E-state index contributed by atoms with van der Waals surface area (Å²) in [5, 5.41) is 19.8. The lowest BCUT2D eigenvalue weighted by Gasteiger charge is -2.11. The third-order valence-electron chi connectivity index (χ3n) is 2.56. The van der Waals surface area contributed by atoms with E-state index in [1.54, 1.807) is 20.0 Å². The minimum atomic E-state index is -0.667. The number of carbonyl (C=O) groups excluding carboxylic acids is 1. The van der Waals surface area contributed by atoms with E-state index in [1.165, 1.54) is 4.68 Å². The van der Waals surface area contributed by atoms with Crippen molar-refractivity contribution in [3.8, 4) is 0 Å². The predicted molar refractivity (Wildman–Crippen MR) is 63.3 cm³/mol. The van der Waals surface area contributed by atoms with E-state index in [2.05, 4.69) is 22.6 Å². The summed E-state index contributed by atoms with van der Waals surface area (Å²) in [6.07, 6.45) is 2.94. The average molecular weight is 240 g/mol. The number of hydrogen-bond acceptors (Lipinski definition) is 4. The average Bonchev–Trinajstić information content (AvgIpc) is 2.77. The molecule has 2 unspecified atom stereocenters. The first kappa shape index (κ1) is 13.6. The Morgan fingerprint density at radius 2 is 2.29 bits per heavy atom. The molecule has 17 heavy (non-hydrogen) atoms. The fraction of sp³-hybridized carbons (Fsp3) is 0.727. The number of hydrogen-bond donors (Lipinski definition) is 2. The molecule has 0 aromatic carbocycles. The molecule has 1 heterocycles. The Balaban J connectivity index is 2.55. The lowest BCUT2D eigenvalue weighted by molar-refractivity contribution is -0.124. The topological polar surface area (TPSA) is 80.0 Å². The van der Waals surface area contributed by atoms with E-state index in [9.17, 15) is 9.90 Å². The minimum absolute atomic E-state index is 0.0829. The first-order valence-electron chi connectivity index (χ1n) is 5.93. The van der Waals surface area contributed by atoms with Gasteiger partial charge >= 0.3 is 0 Å². The number of aliphatic hydroxyl groups is 1. The van der Waals surface area contributed by atoms with Gasteiger partial charge in [-0.3, -0.25) is 4.79 Å². The summed E-state index contributed by atoms with van der Waals surface area (Å²) in [5.41, 5.74) is 0.471. The molecule has 0 fully saturated rings. The Morgan fingerprint density at radius 1 is 1.59 bits per heavy atom. The van der Waals surface area contributed by atoms with Gasteiger partial charge in [0.1, 0.15) is 11.7 Å². The van der Waals surface area contributed by atoms with Crippen LogP contribution in [-0.4, -0.2) is 32.6 Å². The monoisotopic (exact) mass is 240 g/mol. The highest BCUT2D eigenvalue weighted by Crippen LogP contribution is 2.10. The van der Waals surface area contributed by atoms with Gasteiger partial charge in [-0.15, -0.1) is 5.10 Å². The van der Waals surface area contributed by atoms with Crippen molar-refractivity contribution in [2.45, 2.75) is 45.8 Å². The summed E-state index contributed by atoms with van der Waals surface area (Å²) < 4.78 is 1.46. The number of nitrogens with one attached hydrogen (secondary N) is 1. The normalized spacial score (nSPS) is 14.4. The molecule has 6 heteroatoms. The molecule has 0 bridgehead atoms. The van der Waals surface area contributed by atoms with Crippen molar-refractivity contribution in [2.24, 2.45) is 0 Å². The quantitative estimate of drug-likeness (QED) is 0.721. The van der Waals surface area contributed by atoms with Crippen LogP contribution in [0.4, 0.5) is 0 Å². The molecule has 1 aromatic heterocycles. The molecular weight excluding hydrogens is 220 g/mol. The third kappa shape index (κ3) is 3.81. The molecule has 96 valence electrons. The number of unbranched alkanes of at least 4 members (excludes halogenated alkanes) is 1. The maximum absolute atomic E-state index is 11.7. The van der Waals surface area contributed by atoms with E-state index in [0.29, 0.717) is 12.2 Å². The van der Waals surface area contributed by atoms with Crippen LogP contribution in [0.15, 0.2) is 6.20 Å². The summed E-state index contributed by atoms with van der Waals surface area (Å²) in [5.74, 6) is -0.0829. The van der Waals surface area contributed by atoms with Crippen LogP contribution in [0.1, 0.15) is 51.5 Å². The lowest BCUT2D eigenvalue weighted by atomic mass is 10.3. The number of nitrogens with zero attached hydrogens (tertiary/aromatic N) is 3. The number of amides is 1. The second-order valence-corrected chi connectivity index (χ2v) is 4.12. The SMILES string of the molecule is CCCCNC(=O)C(C)n1cc(C(C)O)nn1. The van der Waals surface area contributed by atoms with Crippen LogP contribution in [0.5, 0.6) is 0 Å².